The van der Waals surface area contributed by atoms with Gasteiger partial charge in [0.15, 0.2) is 12.6 Å². The lowest BCUT2D eigenvalue weighted by Crippen LogP contribution is -2.26. The molecule has 4 nitrogen and oxygen atoms in total. The lowest BCUT2D eigenvalue weighted by atomic mass is 10.1. The first-order valence-electron chi connectivity index (χ1n) is 4.37. The maximum atomic E-state index is 5.45. The van der Waals surface area contributed by atoms with Gasteiger partial charge in [0.25, 0.3) is 0 Å². The summed E-state index contributed by atoms with van der Waals surface area (Å²) in [5.74, 6) is 0.327. The monoisotopic (exact) mass is 187 g/mol. The average Bonchev–Trinajstić information content (AvgIpc) is 2.57. The van der Waals surface area contributed by atoms with Gasteiger partial charge in [-0.2, -0.15) is 0 Å². The van der Waals surface area contributed by atoms with E-state index in [4.69, 9.17) is 14.2 Å². The second kappa shape index (κ2) is 5.21. The Morgan fingerprint density at radius 3 is 2.85 bits per heavy atom. The number of ether oxygens (including phenoxy) is 3. The minimum Gasteiger partial charge on any atom is -0.391 e. The summed E-state index contributed by atoms with van der Waals surface area (Å²) in [5, 5.41) is 3.05. The van der Waals surface area contributed by atoms with Gasteiger partial charge in [-0.05, 0) is 6.20 Å². The van der Waals surface area contributed by atoms with Crippen molar-refractivity contribution >= 4 is 0 Å². The lowest BCUT2D eigenvalue weighted by Gasteiger charge is -2.15. The van der Waals surface area contributed by atoms with E-state index in [1.165, 1.54) is 0 Å². The molecule has 0 aromatic rings. The van der Waals surface area contributed by atoms with Crippen molar-refractivity contribution in [3.05, 3.63) is 12.8 Å². The van der Waals surface area contributed by atoms with Crippen LogP contribution in [-0.2, 0) is 14.2 Å². The molecule has 0 aromatic heterocycles. The third kappa shape index (κ3) is 2.69. The molecule has 1 fully saturated rings. The van der Waals surface area contributed by atoms with Gasteiger partial charge in [0.2, 0.25) is 0 Å². The molecule has 1 rings (SSSR count). The Labute approximate surface area is 78.9 Å². The molecule has 0 aliphatic carbocycles. The fraction of sp³-hybridized carbons (Fsp3) is 0.778. The zero-order chi connectivity index (χ0) is 9.68. The van der Waals surface area contributed by atoms with Crippen LogP contribution >= 0.6 is 0 Å². The predicted octanol–water partition coefficient (Wildman–Crippen LogP) is 0.701. The van der Waals surface area contributed by atoms with Crippen LogP contribution in [0.1, 0.15) is 6.42 Å². The van der Waals surface area contributed by atoms with E-state index >= 15 is 0 Å². The number of nitrogens with one attached hydrogen (secondary N) is 1. The fourth-order valence-electron chi connectivity index (χ4n) is 1.49. The topological polar surface area (TPSA) is 39.7 Å². The summed E-state index contributed by atoms with van der Waals surface area (Å²) >= 11 is 0. The quantitative estimate of drug-likeness (QED) is 0.687. The van der Waals surface area contributed by atoms with Crippen molar-refractivity contribution in [1.29, 1.82) is 0 Å². The summed E-state index contributed by atoms with van der Waals surface area (Å²) in [7, 11) is 3.28. The van der Waals surface area contributed by atoms with Crippen molar-refractivity contribution in [1.82, 2.24) is 5.32 Å². The molecule has 1 heterocycles. The predicted molar refractivity (Wildman–Crippen MR) is 49.0 cm³/mol. The minimum absolute atomic E-state index is 0.137. The van der Waals surface area contributed by atoms with E-state index in [0.717, 1.165) is 13.0 Å². The molecule has 0 spiro atoms. The van der Waals surface area contributed by atoms with Crippen LogP contribution in [0.15, 0.2) is 12.8 Å². The number of hydrogen-bond donors (Lipinski definition) is 1. The van der Waals surface area contributed by atoms with Crippen LogP contribution in [0.25, 0.3) is 0 Å². The molecule has 76 valence electrons. The highest BCUT2D eigenvalue weighted by molar-refractivity contribution is 4.77. The standard InChI is InChI=1S/C9H17NO3/c1-4-10-6-7-5-8(11-2)13-9(7)12-3/h4,7-10H,1,5-6H2,2-3H3. The molecular weight excluding hydrogens is 170 g/mol. The Morgan fingerprint density at radius 2 is 2.31 bits per heavy atom. The third-order valence-corrected chi connectivity index (χ3v) is 2.19. The SMILES string of the molecule is C=CNCC1CC(OC)OC1OC. The Morgan fingerprint density at radius 1 is 1.54 bits per heavy atom. The fourth-order valence-corrected chi connectivity index (χ4v) is 1.49. The first-order chi connectivity index (χ1) is 6.31. The lowest BCUT2D eigenvalue weighted by molar-refractivity contribution is -0.192. The molecule has 13 heavy (non-hydrogen) atoms. The summed E-state index contributed by atoms with van der Waals surface area (Å²) in [5.41, 5.74) is 0. The van der Waals surface area contributed by atoms with E-state index in [2.05, 4.69) is 11.9 Å². The van der Waals surface area contributed by atoms with Crippen LogP contribution in [-0.4, -0.2) is 33.3 Å². The van der Waals surface area contributed by atoms with Crippen molar-refractivity contribution in [2.75, 3.05) is 20.8 Å². The first kappa shape index (κ1) is 10.5. The minimum atomic E-state index is -0.169. The second-order valence-corrected chi connectivity index (χ2v) is 3.01. The molecule has 3 unspecified atom stereocenters. The number of rotatable bonds is 5. The van der Waals surface area contributed by atoms with Gasteiger partial charge in [0.05, 0.1) is 0 Å². The molecule has 4 heteroatoms. The van der Waals surface area contributed by atoms with Crippen molar-refractivity contribution in [2.24, 2.45) is 5.92 Å². The number of hydrogen-bond acceptors (Lipinski definition) is 4. The highest BCUT2D eigenvalue weighted by Crippen LogP contribution is 2.26. The molecule has 1 N–H and O–H groups in total. The van der Waals surface area contributed by atoms with Crippen LogP contribution in [0, 0.1) is 5.92 Å². The van der Waals surface area contributed by atoms with Crippen LogP contribution in [0.2, 0.25) is 0 Å². The van der Waals surface area contributed by atoms with Gasteiger partial charge in [-0.15, -0.1) is 0 Å². The smallest absolute Gasteiger partial charge is 0.165 e. The zero-order valence-electron chi connectivity index (χ0n) is 8.16. The summed E-state index contributed by atoms with van der Waals surface area (Å²) in [6.45, 7) is 4.40. The van der Waals surface area contributed by atoms with E-state index in [1.54, 1.807) is 20.4 Å². The van der Waals surface area contributed by atoms with Gasteiger partial charge in [-0.1, -0.05) is 6.58 Å². The van der Waals surface area contributed by atoms with Crippen LogP contribution in [0.4, 0.5) is 0 Å². The molecule has 0 saturated carbocycles. The number of methoxy groups -OCH3 is 2. The summed E-state index contributed by atoms with van der Waals surface area (Å²) in [6, 6.07) is 0. The molecule has 0 radical (unpaired) electrons. The molecule has 1 aliphatic rings. The molecule has 0 bridgehead atoms. The normalized spacial score (nSPS) is 33.2. The molecule has 0 aromatic carbocycles. The third-order valence-electron chi connectivity index (χ3n) is 2.19. The van der Waals surface area contributed by atoms with E-state index in [9.17, 15) is 0 Å². The Balaban J connectivity index is 2.37. The van der Waals surface area contributed by atoms with Crippen molar-refractivity contribution in [3.8, 4) is 0 Å². The van der Waals surface area contributed by atoms with Gasteiger partial charge in [0, 0.05) is 33.1 Å². The van der Waals surface area contributed by atoms with Crippen molar-refractivity contribution < 1.29 is 14.2 Å². The highest BCUT2D eigenvalue weighted by atomic mass is 16.8. The molecule has 3 atom stereocenters. The zero-order valence-corrected chi connectivity index (χ0v) is 8.16. The van der Waals surface area contributed by atoms with Gasteiger partial charge in [0.1, 0.15) is 0 Å². The van der Waals surface area contributed by atoms with Gasteiger partial charge >= 0.3 is 0 Å². The Kier molecular flexibility index (Phi) is 4.21. The van der Waals surface area contributed by atoms with Gasteiger partial charge in [-0.25, -0.2) is 0 Å². The van der Waals surface area contributed by atoms with E-state index in [-0.39, 0.29) is 12.6 Å². The maximum Gasteiger partial charge on any atom is 0.165 e. The Bertz CT molecular complexity index is 163. The highest BCUT2D eigenvalue weighted by Gasteiger charge is 2.34. The molecule has 1 saturated heterocycles. The maximum absolute atomic E-state index is 5.45. The van der Waals surface area contributed by atoms with Gasteiger partial charge in [-0.3, -0.25) is 0 Å². The first-order valence-corrected chi connectivity index (χ1v) is 4.37. The molecule has 0 amide bonds. The van der Waals surface area contributed by atoms with Crippen LogP contribution in [0.5, 0.6) is 0 Å². The summed E-state index contributed by atoms with van der Waals surface area (Å²) in [6.07, 6.45) is 2.22. The van der Waals surface area contributed by atoms with E-state index < -0.39 is 0 Å². The largest absolute Gasteiger partial charge is 0.391 e. The van der Waals surface area contributed by atoms with E-state index in [1.807, 2.05) is 0 Å². The van der Waals surface area contributed by atoms with Crippen molar-refractivity contribution in [3.63, 3.8) is 0 Å². The summed E-state index contributed by atoms with van der Waals surface area (Å²) in [4.78, 5) is 0. The molecular formula is C9H17NO3. The average molecular weight is 187 g/mol. The Hall–Kier alpha value is -0.580. The van der Waals surface area contributed by atoms with E-state index in [0.29, 0.717) is 5.92 Å². The van der Waals surface area contributed by atoms with Gasteiger partial charge < -0.3 is 19.5 Å². The van der Waals surface area contributed by atoms with Crippen LogP contribution < -0.4 is 5.32 Å². The van der Waals surface area contributed by atoms with Crippen molar-refractivity contribution in [2.45, 2.75) is 19.0 Å². The molecule has 1 aliphatic heterocycles. The summed E-state index contributed by atoms with van der Waals surface area (Å²) < 4.78 is 15.7. The van der Waals surface area contributed by atoms with Crippen LogP contribution in [0.3, 0.4) is 0 Å². The second-order valence-electron chi connectivity index (χ2n) is 3.01.